The molecule has 3 nitrogen and oxygen atoms in total. The zero-order chi connectivity index (χ0) is 13.0. The Morgan fingerprint density at radius 2 is 1.83 bits per heavy atom. The van der Waals surface area contributed by atoms with Crippen molar-refractivity contribution < 1.29 is 9.47 Å². The van der Waals surface area contributed by atoms with Crippen LogP contribution in [0.15, 0.2) is 42.5 Å². The van der Waals surface area contributed by atoms with Gasteiger partial charge in [0, 0.05) is 0 Å². The second kappa shape index (κ2) is 5.45. The van der Waals surface area contributed by atoms with Crippen LogP contribution in [0, 0.1) is 6.92 Å². The monoisotopic (exact) mass is 243 g/mol. The Labute approximate surface area is 107 Å². The molecule has 94 valence electrons. The highest BCUT2D eigenvalue weighted by atomic mass is 16.5. The standard InChI is InChI=1S/C15H17NO2/c1-11-5-3-4-6-14(11)18-10-12-7-8-15(17-2)13(16)9-12/h3-9H,10,16H2,1-2H3. The average molecular weight is 243 g/mol. The van der Waals surface area contributed by atoms with Crippen LogP contribution in [0.4, 0.5) is 5.69 Å². The first-order chi connectivity index (χ1) is 8.70. The lowest BCUT2D eigenvalue weighted by molar-refractivity contribution is 0.304. The van der Waals surface area contributed by atoms with Crippen molar-refractivity contribution >= 4 is 5.69 Å². The molecule has 0 saturated carbocycles. The Morgan fingerprint density at radius 3 is 2.50 bits per heavy atom. The molecule has 0 spiro atoms. The molecule has 18 heavy (non-hydrogen) atoms. The highest BCUT2D eigenvalue weighted by Crippen LogP contribution is 2.23. The largest absolute Gasteiger partial charge is 0.495 e. The lowest BCUT2D eigenvalue weighted by Crippen LogP contribution is -1.99. The van der Waals surface area contributed by atoms with Gasteiger partial charge in [-0.3, -0.25) is 0 Å². The van der Waals surface area contributed by atoms with Crippen LogP contribution in [0.1, 0.15) is 11.1 Å². The van der Waals surface area contributed by atoms with E-state index in [1.165, 1.54) is 0 Å². The molecule has 0 heterocycles. The number of methoxy groups -OCH3 is 1. The Morgan fingerprint density at radius 1 is 1.06 bits per heavy atom. The van der Waals surface area contributed by atoms with E-state index in [2.05, 4.69) is 0 Å². The van der Waals surface area contributed by atoms with Gasteiger partial charge in [-0.15, -0.1) is 0 Å². The Hall–Kier alpha value is -2.16. The summed E-state index contributed by atoms with van der Waals surface area (Å²) in [5.74, 6) is 1.58. The minimum absolute atomic E-state index is 0.499. The number of para-hydroxylation sites is 1. The summed E-state index contributed by atoms with van der Waals surface area (Å²) in [5.41, 5.74) is 8.63. The molecule has 0 aliphatic heterocycles. The maximum atomic E-state index is 5.85. The summed E-state index contributed by atoms with van der Waals surface area (Å²) in [4.78, 5) is 0. The van der Waals surface area contributed by atoms with E-state index in [1.807, 2.05) is 49.4 Å². The van der Waals surface area contributed by atoms with Gasteiger partial charge in [0.1, 0.15) is 18.1 Å². The number of rotatable bonds is 4. The summed E-state index contributed by atoms with van der Waals surface area (Å²) >= 11 is 0. The fourth-order valence-electron chi connectivity index (χ4n) is 1.75. The van der Waals surface area contributed by atoms with E-state index in [0.717, 1.165) is 16.9 Å². The van der Waals surface area contributed by atoms with Crippen LogP contribution in [-0.4, -0.2) is 7.11 Å². The quantitative estimate of drug-likeness (QED) is 0.839. The van der Waals surface area contributed by atoms with Gasteiger partial charge in [-0.1, -0.05) is 24.3 Å². The molecule has 2 aromatic rings. The predicted molar refractivity (Wildman–Crippen MR) is 72.9 cm³/mol. The van der Waals surface area contributed by atoms with E-state index < -0.39 is 0 Å². The lowest BCUT2D eigenvalue weighted by Gasteiger charge is -2.10. The number of nitrogen functional groups attached to an aromatic ring is 1. The van der Waals surface area contributed by atoms with Gasteiger partial charge in [-0.2, -0.15) is 0 Å². The predicted octanol–water partition coefficient (Wildman–Crippen LogP) is 3.16. The first-order valence-corrected chi connectivity index (χ1v) is 5.81. The number of hydrogen-bond acceptors (Lipinski definition) is 3. The lowest BCUT2D eigenvalue weighted by atomic mass is 10.2. The van der Waals surface area contributed by atoms with Crippen molar-refractivity contribution in [2.75, 3.05) is 12.8 Å². The molecule has 0 fully saturated rings. The van der Waals surface area contributed by atoms with Gasteiger partial charge in [0.05, 0.1) is 12.8 Å². The number of benzene rings is 2. The van der Waals surface area contributed by atoms with Crippen molar-refractivity contribution in [1.29, 1.82) is 0 Å². The van der Waals surface area contributed by atoms with Crippen molar-refractivity contribution in [3.63, 3.8) is 0 Å². The molecule has 0 radical (unpaired) electrons. The van der Waals surface area contributed by atoms with E-state index in [0.29, 0.717) is 18.0 Å². The van der Waals surface area contributed by atoms with Crippen molar-refractivity contribution in [2.45, 2.75) is 13.5 Å². The maximum Gasteiger partial charge on any atom is 0.141 e. The molecule has 0 aliphatic rings. The Balaban J connectivity index is 2.07. The summed E-state index contributed by atoms with van der Waals surface area (Å²) in [5, 5.41) is 0. The van der Waals surface area contributed by atoms with Gasteiger partial charge >= 0.3 is 0 Å². The molecule has 0 amide bonds. The molecule has 2 rings (SSSR count). The number of ether oxygens (including phenoxy) is 2. The Kier molecular flexibility index (Phi) is 3.72. The molecule has 0 aliphatic carbocycles. The zero-order valence-electron chi connectivity index (χ0n) is 10.6. The van der Waals surface area contributed by atoms with E-state index in [9.17, 15) is 0 Å². The first-order valence-electron chi connectivity index (χ1n) is 5.81. The van der Waals surface area contributed by atoms with Crippen LogP contribution < -0.4 is 15.2 Å². The number of hydrogen-bond donors (Lipinski definition) is 1. The van der Waals surface area contributed by atoms with Crippen molar-refractivity contribution in [3.05, 3.63) is 53.6 Å². The maximum absolute atomic E-state index is 5.85. The first kappa shape index (κ1) is 12.3. The smallest absolute Gasteiger partial charge is 0.141 e. The normalized spacial score (nSPS) is 10.1. The van der Waals surface area contributed by atoms with Gasteiger partial charge in [0.2, 0.25) is 0 Å². The molecular weight excluding hydrogens is 226 g/mol. The van der Waals surface area contributed by atoms with Crippen LogP contribution >= 0.6 is 0 Å². The van der Waals surface area contributed by atoms with Crippen molar-refractivity contribution in [1.82, 2.24) is 0 Å². The summed E-state index contributed by atoms with van der Waals surface area (Å²) in [7, 11) is 1.61. The third-order valence-electron chi connectivity index (χ3n) is 2.78. The third-order valence-corrected chi connectivity index (χ3v) is 2.78. The fraction of sp³-hybridized carbons (Fsp3) is 0.200. The van der Waals surface area contributed by atoms with Crippen LogP contribution in [-0.2, 0) is 6.61 Å². The van der Waals surface area contributed by atoms with Gasteiger partial charge in [-0.05, 0) is 36.2 Å². The van der Waals surface area contributed by atoms with Crippen LogP contribution in [0.5, 0.6) is 11.5 Å². The van der Waals surface area contributed by atoms with Crippen LogP contribution in [0.2, 0.25) is 0 Å². The van der Waals surface area contributed by atoms with E-state index in [4.69, 9.17) is 15.2 Å². The molecule has 0 aromatic heterocycles. The second-order valence-electron chi connectivity index (χ2n) is 4.13. The summed E-state index contributed by atoms with van der Waals surface area (Å²) in [6.07, 6.45) is 0. The topological polar surface area (TPSA) is 44.5 Å². The minimum Gasteiger partial charge on any atom is -0.495 e. The van der Waals surface area contributed by atoms with Crippen LogP contribution in [0.3, 0.4) is 0 Å². The molecule has 0 unspecified atom stereocenters. The average Bonchev–Trinajstić information content (AvgIpc) is 2.38. The molecule has 3 heteroatoms. The summed E-state index contributed by atoms with van der Waals surface area (Å²) in [6.45, 7) is 2.52. The zero-order valence-corrected chi connectivity index (χ0v) is 10.6. The summed E-state index contributed by atoms with van der Waals surface area (Å²) in [6, 6.07) is 13.6. The van der Waals surface area contributed by atoms with E-state index in [1.54, 1.807) is 7.11 Å². The second-order valence-corrected chi connectivity index (χ2v) is 4.13. The van der Waals surface area contributed by atoms with Gasteiger partial charge < -0.3 is 15.2 Å². The molecule has 0 bridgehead atoms. The number of aryl methyl sites for hydroxylation is 1. The minimum atomic E-state index is 0.499. The van der Waals surface area contributed by atoms with Crippen molar-refractivity contribution in [2.24, 2.45) is 0 Å². The molecule has 2 N–H and O–H groups in total. The molecule has 0 atom stereocenters. The van der Waals surface area contributed by atoms with E-state index in [-0.39, 0.29) is 0 Å². The highest BCUT2D eigenvalue weighted by Gasteiger charge is 2.02. The van der Waals surface area contributed by atoms with Crippen molar-refractivity contribution in [3.8, 4) is 11.5 Å². The Bertz CT molecular complexity index is 538. The van der Waals surface area contributed by atoms with Gasteiger partial charge in [0.25, 0.3) is 0 Å². The van der Waals surface area contributed by atoms with Gasteiger partial charge in [-0.25, -0.2) is 0 Å². The fourth-order valence-corrected chi connectivity index (χ4v) is 1.75. The molecular formula is C15H17NO2. The van der Waals surface area contributed by atoms with E-state index >= 15 is 0 Å². The highest BCUT2D eigenvalue weighted by molar-refractivity contribution is 5.54. The third kappa shape index (κ3) is 2.74. The number of anilines is 1. The SMILES string of the molecule is COc1ccc(COc2ccccc2C)cc1N. The van der Waals surface area contributed by atoms with Gasteiger partial charge in [0.15, 0.2) is 0 Å². The number of nitrogens with two attached hydrogens (primary N) is 1. The summed E-state index contributed by atoms with van der Waals surface area (Å²) < 4.78 is 10.9. The molecule has 2 aromatic carbocycles. The van der Waals surface area contributed by atoms with Crippen LogP contribution in [0.25, 0.3) is 0 Å². The molecule has 0 saturated heterocycles.